The number of hydrazone groups is 1. The maximum absolute atomic E-state index is 14.9. The van der Waals surface area contributed by atoms with Gasteiger partial charge in [-0.15, -0.1) is 0 Å². The number of benzene rings is 1. The normalized spacial score (nSPS) is 20.6. The Morgan fingerprint density at radius 2 is 1.73 bits per heavy atom. The Morgan fingerprint density at radius 3 is 2.41 bits per heavy atom. The molecule has 1 saturated heterocycles. The fraction of sp³-hybridized carbons (Fsp3) is 0.400. The van der Waals surface area contributed by atoms with E-state index in [1.807, 2.05) is 5.43 Å². The van der Waals surface area contributed by atoms with Crippen LogP contribution in [0.5, 0.6) is 0 Å². The van der Waals surface area contributed by atoms with Crippen molar-refractivity contribution in [2.75, 3.05) is 19.6 Å². The molecule has 1 N–H and O–H groups in total. The molecule has 0 radical (unpaired) electrons. The minimum absolute atomic E-state index is 0.0286. The lowest BCUT2D eigenvalue weighted by atomic mass is 9.97. The number of aryl methyl sites for hydroxylation is 1. The van der Waals surface area contributed by atoms with E-state index in [4.69, 9.17) is 0 Å². The number of amides is 1. The number of pyridine rings is 1. The smallest absolute Gasteiger partial charge is 0.315 e. The molecule has 9 nitrogen and oxygen atoms in total. The highest BCUT2D eigenvalue weighted by atomic mass is 19.4. The Balaban J connectivity index is 1.30. The summed E-state index contributed by atoms with van der Waals surface area (Å²) in [6, 6.07) is 2.49. The predicted octanol–water partition coefficient (Wildman–Crippen LogP) is 3.59. The number of rotatable bonds is 6. The zero-order chi connectivity index (χ0) is 29.5. The van der Waals surface area contributed by atoms with Gasteiger partial charge in [0.2, 0.25) is 0 Å². The van der Waals surface area contributed by atoms with Gasteiger partial charge in [-0.05, 0) is 36.4 Å². The van der Waals surface area contributed by atoms with Gasteiger partial charge < -0.3 is 4.57 Å². The van der Waals surface area contributed by atoms with Gasteiger partial charge >= 0.3 is 12.4 Å². The first kappa shape index (κ1) is 28.6. The number of carbonyl (C=O) groups excluding carboxylic acids is 1. The number of fused-ring (bicyclic) bond motifs is 1. The van der Waals surface area contributed by atoms with Crippen molar-refractivity contribution >= 4 is 22.9 Å². The highest BCUT2D eigenvalue weighted by molar-refractivity contribution is 5.88. The van der Waals surface area contributed by atoms with Gasteiger partial charge in [0.25, 0.3) is 11.5 Å². The lowest BCUT2D eigenvalue weighted by molar-refractivity contribution is -0.199. The summed E-state index contributed by atoms with van der Waals surface area (Å²) in [4.78, 5) is 32.2. The van der Waals surface area contributed by atoms with E-state index in [0.717, 1.165) is 12.3 Å². The summed E-state index contributed by atoms with van der Waals surface area (Å²) in [5, 5.41) is 7.11. The first-order valence-corrected chi connectivity index (χ1v) is 12.5. The van der Waals surface area contributed by atoms with Crippen molar-refractivity contribution in [3.05, 3.63) is 58.5 Å². The van der Waals surface area contributed by atoms with Crippen molar-refractivity contribution in [1.82, 2.24) is 30.0 Å². The molecule has 16 heteroatoms. The maximum atomic E-state index is 14.9. The molecule has 2 aliphatic rings. The molecule has 0 saturated carbocycles. The van der Waals surface area contributed by atoms with Gasteiger partial charge in [-0.3, -0.25) is 9.59 Å². The molecule has 41 heavy (non-hydrogen) atoms. The largest absolute Gasteiger partial charge is 0.419 e. The summed E-state index contributed by atoms with van der Waals surface area (Å²) < 4.78 is 95.4. The van der Waals surface area contributed by atoms with Crippen molar-refractivity contribution in [3.8, 4) is 11.4 Å². The number of halogens is 7. The number of hydrogen-bond acceptors (Lipinski definition) is 7. The van der Waals surface area contributed by atoms with E-state index in [1.165, 1.54) is 27.9 Å². The second kappa shape index (κ2) is 10.8. The van der Waals surface area contributed by atoms with E-state index >= 15 is 0 Å². The van der Waals surface area contributed by atoms with Crippen LogP contribution in [0.25, 0.3) is 22.2 Å². The van der Waals surface area contributed by atoms with E-state index in [2.05, 4.69) is 15.1 Å². The minimum Gasteiger partial charge on any atom is -0.315 e. The van der Waals surface area contributed by atoms with Gasteiger partial charge in [0.1, 0.15) is 5.82 Å². The van der Waals surface area contributed by atoms with Crippen LogP contribution in [0.1, 0.15) is 18.4 Å². The average molecular weight is 585 g/mol. The van der Waals surface area contributed by atoms with Crippen LogP contribution in [-0.2, 0) is 17.5 Å². The third kappa shape index (κ3) is 5.79. The molecule has 0 aliphatic carbocycles. The van der Waals surface area contributed by atoms with Crippen molar-refractivity contribution in [3.63, 3.8) is 0 Å². The van der Waals surface area contributed by atoms with Crippen molar-refractivity contribution in [2.24, 2.45) is 11.0 Å². The number of carbonyl (C=O) groups is 1. The number of alkyl halides is 6. The van der Waals surface area contributed by atoms with Gasteiger partial charge in [0, 0.05) is 51.0 Å². The summed E-state index contributed by atoms with van der Waals surface area (Å²) >= 11 is 0. The second-order valence-electron chi connectivity index (χ2n) is 9.61. The summed E-state index contributed by atoms with van der Waals surface area (Å²) in [5.74, 6) is -4.65. The van der Waals surface area contributed by atoms with E-state index in [0.29, 0.717) is 50.3 Å². The van der Waals surface area contributed by atoms with Gasteiger partial charge in [0.15, 0.2) is 11.7 Å². The Hall–Kier alpha value is -3.92. The molecule has 5 rings (SSSR count). The molecule has 0 bridgehead atoms. The van der Waals surface area contributed by atoms with Crippen LogP contribution in [0, 0.1) is 11.7 Å². The first-order chi connectivity index (χ1) is 19.3. The summed E-state index contributed by atoms with van der Waals surface area (Å²) in [6.45, 7) is 1.23. The maximum Gasteiger partial charge on any atom is 0.419 e. The van der Waals surface area contributed by atoms with Crippen LogP contribution in [0.15, 0.2) is 46.7 Å². The predicted molar refractivity (Wildman–Crippen MR) is 132 cm³/mol. The molecule has 1 amide bonds. The second-order valence-corrected chi connectivity index (χ2v) is 9.61. The fourth-order valence-corrected chi connectivity index (χ4v) is 5.03. The SMILES string of the molecule is O=C1NN=CC(N2CCCN2CCCn2ccc3cc(-c4ncc(C(F)(F)F)cn4)c(F)cc3c2=O)C1C(F)(F)F. The summed E-state index contributed by atoms with van der Waals surface area (Å²) in [5.41, 5.74) is 0.0937. The molecule has 2 aliphatic heterocycles. The van der Waals surface area contributed by atoms with E-state index in [9.17, 15) is 40.3 Å². The molecule has 0 spiro atoms. The first-order valence-electron chi connectivity index (χ1n) is 12.5. The molecule has 4 heterocycles. The number of hydrazine groups is 1. The molecule has 218 valence electrons. The molecule has 3 aromatic rings. The number of nitrogens with one attached hydrogen (secondary N) is 1. The average Bonchev–Trinajstić information content (AvgIpc) is 3.37. The van der Waals surface area contributed by atoms with Crippen LogP contribution in [0.2, 0.25) is 0 Å². The molecular formula is C25H22F7N7O2. The van der Waals surface area contributed by atoms with E-state index in [1.54, 1.807) is 5.01 Å². The van der Waals surface area contributed by atoms with Gasteiger partial charge in [-0.2, -0.15) is 31.4 Å². The van der Waals surface area contributed by atoms with Gasteiger partial charge in [-0.1, -0.05) is 0 Å². The van der Waals surface area contributed by atoms with Crippen molar-refractivity contribution < 1.29 is 35.5 Å². The zero-order valence-electron chi connectivity index (χ0n) is 21.1. The molecule has 1 aromatic carbocycles. The van der Waals surface area contributed by atoms with E-state index < -0.39 is 47.2 Å². The van der Waals surface area contributed by atoms with E-state index in [-0.39, 0.29) is 23.3 Å². The summed E-state index contributed by atoms with van der Waals surface area (Å²) in [6.07, 6.45) is -4.84. The topological polar surface area (TPSA) is 95.7 Å². The van der Waals surface area contributed by atoms with Crippen LogP contribution in [0.3, 0.4) is 0 Å². The number of nitrogens with zero attached hydrogens (tertiary/aromatic N) is 6. The Bertz CT molecular complexity index is 1540. The van der Waals surface area contributed by atoms with Crippen LogP contribution in [-0.4, -0.2) is 68.5 Å². The fourth-order valence-electron chi connectivity index (χ4n) is 5.03. The monoisotopic (exact) mass is 585 g/mol. The highest BCUT2D eigenvalue weighted by Gasteiger charge is 2.53. The number of hydrogen-bond donors (Lipinski definition) is 1. The molecule has 2 unspecified atom stereocenters. The molecule has 2 atom stereocenters. The standard InChI is InChI=1S/C25H22F7N7O2/c26-18-10-16-14(9-17(18)21-33-11-15(12-34-21)24(27,28)29)3-8-37(23(16)41)4-1-5-38-6-2-7-39(38)19-13-35-36-22(40)20(19)25(30,31)32/h3,8-13,19-20H,1-2,4-7H2,(H,36,40). The quantitative estimate of drug-likeness (QED) is 0.445. The molecular weight excluding hydrogens is 563 g/mol. The third-order valence-electron chi connectivity index (χ3n) is 6.99. The Labute approximate surface area is 227 Å². The summed E-state index contributed by atoms with van der Waals surface area (Å²) in [7, 11) is 0. The van der Waals surface area contributed by atoms with Crippen molar-refractivity contribution in [1.29, 1.82) is 0 Å². The van der Waals surface area contributed by atoms with Crippen LogP contribution < -0.4 is 11.0 Å². The lowest BCUT2D eigenvalue weighted by Crippen LogP contribution is -2.58. The number of aromatic nitrogens is 3. The van der Waals surface area contributed by atoms with Gasteiger partial charge in [-0.25, -0.2) is 29.8 Å². The Morgan fingerprint density at radius 1 is 1.00 bits per heavy atom. The van der Waals surface area contributed by atoms with Crippen molar-refractivity contribution in [2.45, 2.75) is 37.8 Å². The van der Waals surface area contributed by atoms with Gasteiger partial charge in [0.05, 0.1) is 22.6 Å². The molecule has 1 fully saturated rings. The van der Waals surface area contributed by atoms with Crippen LogP contribution >= 0.6 is 0 Å². The third-order valence-corrected chi connectivity index (χ3v) is 6.99. The zero-order valence-corrected chi connectivity index (χ0v) is 21.1. The van der Waals surface area contributed by atoms with Crippen LogP contribution in [0.4, 0.5) is 30.7 Å². The Kier molecular flexibility index (Phi) is 7.54. The molecule has 2 aromatic heterocycles. The highest BCUT2D eigenvalue weighted by Crippen LogP contribution is 2.34. The minimum atomic E-state index is -4.76. The lowest BCUT2D eigenvalue weighted by Gasteiger charge is -2.38.